The lowest BCUT2D eigenvalue weighted by Gasteiger charge is -2.04. The number of nitrogens with one attached hydrogen (secondary N) is 2. The van der Waals surface area contributed by atoms with Crippen molar-refractivity contribution in [2.75, 3.05) is 5.32 Å². The number of anilines is 1. The molecule has 0 fully saturated rings. The van der Waals surface area contributed by atoms with E-state index in [0.717, 1.165) is 5.39 Å². The zero-order chi connectivity index (χ0) is 13.2. The SMILES string of the molecule is O=C(Nc1[nH]nc2ncccc12)c1ccccc1Cl. The van der Waals surface area contributed by atoms with E-state index in [1.165, 1.54) is 0 Å². The predicted octanol–water partition coefficient (Wildman–Crippen LogP) is 2.86. The van der Waals surface area contributed by atoms with E-state index in [1.54, 1.807) is 36.5 Å². The Morgan fingerprint density at radius 1 is 1.21 bits per heavy atom. The fourth-order valence-electron chi connectivity index (χ4n) is 1.77. The van der Waals surface area contributed by atoms with Gasteiger partial charge in [-0.1, -0.05) is 23.7 Å². The van der Waals surface area contributed by atoms with Crippen LogP contribution in [0.3, 0.4) is 0 Å². The zero-order valence-electron chi connectivity index (χ0n) is 9.72. The van der Waals surface area contributed by atoms with E-state index in [4.69, 9.17) is 11.6 Å². The summed E-state index contributed by atoms with van der Waals surface area (Å²) in [4.78, 5) is 16.2. The van der Waals surface area contributed by atoms with Crippen molar-refractivity contribution < 1.29 is 4.79 Å². The second kappa shape index (κ2) is 4.70. The maximum absolute atomic E-state index is 12.1. The Kier molecular flexibility index (Phi) is 2.89. The smallest absolute Gasteiger partial charge is 0.258 e. The number of hydrogen-bond donors (Lipinski definition) is 2. The molecule has 0 bridgehead atoms. The Morgan fingerprint density at radius 3 is 2.89 bits per heavy atom. The number of halogens is 1. The normalized spacial score (nSPS) is 10.6. The summed E-state index contributed by atoms with van der Waals surface area (Å²) in [5, 5.41) is 10.6. The summed E-state index contributed by atoms with van der Waals surface area (Å²) >= 11 is 5.98. The van der Waals surface area contributed by atoms with Gasteiger partial charge in [0.25, 0.3) is 5.91 Å². The van der Waals surface area contributed by atoms with Crippen molar-refractivity contribution in [3.63, 3.8) is 0 Å². The second-order valence-electron chi connectivity index (χ2n) is 3.91. The summed E-state index contributed by atoms with van der Waals surface area (Å²) in [6, 6.07) is 10.5. The number of carbonyl (C=O) groups is 1. The topological polar surface area (TPSA) is 70.7 Å². The molecule has 0 radical (unpaired) electrons. The number of carbonyl (C=O) groups excluding carboxylic acids is 1. The van der Waals surface area contributed by atoms with Crippen LogP contribution in [0.2, 0.25) is 5.02 Å². The molecule has 6 heteroatoms. The van der Waals surface area contributed by atoms with Gasteiger partial charge in [-0.05, 0) is 24.3 Å². The fraction of sp³-hybridized carbons (Fsp3) is 0. The van der Waals surface area contributed by atoms with Crippen molar-refractivity contribution in [2.24, 2.45) is 0 Å². The largest absolute Gasteiger partial charge is 0.306 e. The van der Waals surface area contributed by atoms with Crippen LogP contribution in [0.1, 0.15) is 10.4 Å². The molecule has 2 N–H and O–H groups in total. The summed E-state index contributed by atoms with van der Waals surface area (Å²) in [6.07, 6.45) is 1.64. The third-order valence-electron chi connectivity index (χ3n) is 2.69. The van der Waals surface area contributed by atoms with Crippen LogP contribution in [0.15, 0.2) is 42.6 Å². The van der Waals surface area contributed by atoms with Crippen molar-refractivity contribution >= 4 is 34.4 Å². The monoisotopic (exact) mass is 272 g/mol. The molecule has 19 heavy (non-hydrogen) atoms. The van der Waals surface area contributed by atoms with Gasteiger partial charge in [0.2, 0.25) is 0 Å². The molecular weight excluding hydrogens is 264 g/mol. The third kappa shape index (κ3) is 2.15. The molecule has 2 heterocycles. The number of hydrogen-bond acceptors (Lipinski definition) is 3. The Labute approximate surface area is 113 Å². The molecule has 1 amide bonds. The lowest BCUT2D eigenvalue weighted by atomic mass is 10.2. The highest BCUT2D eigenvalue weighted by Gasteiger charge is 2.13. The highest BCUT2D eigenvalue weighted by Crippen LogP contribution is 2.20. The molecule has 0 aliphatic carbocycles. The van der Waals surface area contributed by atoms with E-state index in [9.17, 15) is 4.79 Å². The zero-order valence-corrected chi connectivity index (χ0v) is 10.5. The summed E-state index contributed by atoms with van der Waals surface area (Å²) < 4.78 is 0. The number of aromatic amines is 1. The predicted molar refractivity (Wildman–Crippen MR) is 73.3 cm³/mol. The van der Waals surface area contributed by atoms with Crippen molar-refractivity contribution in [1.82, 2.24) is 15.2 Å². The van der Waals surface area contributed by atoms with E-state index >= 15 is 0 Å². The van der Waals surface area contributed by atoms with Crippen LogP contribution in [0.4, 0.5) is 5.82 Å². The minimum Gasteiger partial charge on any atom is -0.306 e. The lowest BCUT2D eigenvalue weighted by molar-refractivity contribution is 0.102. The van der Waals surface area contributed by atoms with Crippen LogP contribution in [-0.4, -0.2) is 21.1 Å². The van der Waals surface area contributed by atoms with Gasteiger partial charge in [0.15, 0.2) is 5.65 Å². The summed E-state index contributed by atoms with van der Waals surface area (Å²) in [7, 11) is 0. The standard InChI is InChI=1S/C13H9ClN4O/c14-10-6-2-1-4-8(10)13(19)16-12-9-5-3-7-15-11(9)17-18-12/h1-7H,(H2,15,16,17,18,19). The Balaban J connectivity index is 1.94. The molecular formula is C13H9ClN4O. The van der Waals surface area contributed by atoms with Gasteiger partial charge < -0.3 is 5.32 Å². The Hall–Kier alpha value is -2.40. The van der Waals surface area contributed by atoms with Crippen molar-refractivity contribution in [1.29, 1.82) is 0 Å². The molecule has 3 rings (SSSR count). The highest BCUT2D eigenvalue weighted by molar-refractivity contribution is 6.34. The van der Waals surface area contributed by atoms with Gasteiger partial charge >= 0.3 is 0 Å². The molecule has 1 aromatic carbocycles. The minimum absolute atomic E-state index is 0.292. The lowest BCUT2D eigenvalue weighted by Crippen LogP contribution is -2.12. The molecule has 0 unspecified atom stereocenters. The van der Waals surface area contributed by atoms with E-state index in [0.29, 0.717) is 22.1 Å². The molecule has 0 spiro atoms. The second-order valence-corrected chi connectivity index (χ2v) is 4.31. The van der Waals surface area contributed by atoms with Crippen LogP contribution < -0.4 is 5.32 Å². The van der Waals surface area contributed by atoms with Crippen molar-refractivity contribution in [2.45, 2.75) is 0 Å². The van der Waals surface area contributed by atoms with E-state index in [1.807, 2.05) is 6.07 Å². The quantitative estimate of drug-likeness (QED) is 0.753. The maximum atomic E-state index is 12.1. The minimum atomic E-state index is -0.292. The number of aromatic nitrogens is 3. The highest BCUT2D eigenvalue weighted by atomic mass is 35.5. The first kappa shape index (κ1) is 11.7. The van der Waals surface area contributed by atoms with Gasteiger partial charge in [-0.15, -0.1) is 0 Å². The number of nitrogens with zero attached hydrogens (tertiary/aromatic N) is 2. The number of H-pyrrole nitrogens is 1. The van der Waals surface area contributed by atoms with Crippen molar-refractivity contribution in [3.8, 4) is 0 Å². The van der Waals surface area contributed by atoms with Crippen molar-refractivity contribution in [3.05, 3.63) is 53.2 Å². The molecule has 3 aromatic rings. The molecule has 0 saturated carbocycles. The van der Waals surface area contributed by atoms with Gasteiger partial charge in [0.1, 0.15) is 5.82 Å². The maximum Gasteiger partial charge on any atom is 0.258 e. The van der Waals surface area contributed by atoms with Gasteiger partial charge in [0, 0.05) is 6.20 Å². The first-order valence-electron chi connectivity index (χ1n) is 5.60. The van der Waals surface area contributed by atoms with Crippen LogP contribution >= 0.6 is 11.6 Å². The van der Waals surface area contributed by atoms with Crippen LogP contribution in [0.5, 0.6) is 0 Å². The average molecular weight is 273 g/mol. The average Bonchev–Trinajstić information content (AvgIpc) is 2.83. The van der Waals surface area contributed by atoms with Crippen LogP contribution in [0, 0.1) is 0 Å². The van der Waals surface area contributed by atoms with Gasteiger partial charge in [-0.2, -0.15) is 5.10 Å². The number of benzene rings is 1. The summed E-state index contributed by atoms with van der Waals surface area (Å²) in [6.45, 7) is 0. The summed E-state index contributed by atoms with van der Waals surface area (Å²) in [5.41, 5.74) is 0.966. The summed E-state index contributed by atoms with van der Waals surface area (Å²) in [5.74, 6) is 0.216. The van der Waals surface area contributed by atoms with Gasteiger partial charge in [-0.25, -0.2) is 4.98 Å². The molecule has 0 aliphatic rings. The van der Waals surface area contributed by atoms with E-state index in [2.05, 4.69) is 20.5 Å². The van der Waals surface area contributed by atoms with Crippen LogP contribution in [0.25, 0.3) is 11.0 Å². The molecule has 5 nitrogen and oxygen atoms in total. The number of fused-ring (bicyclic) bond motifs is 1. The Morgan fingerprint density at radius 2 is 2.05 bits per heavy atom. The number of pyridine rings is 1. The third-order valence-corrected chi connectivity index (χ3v) is 3.02. The Bertz CT molecular complexity index is 753. The fourth-order valence-corrected chi connectivity index (χ4v) is 1.99. The molecule has 0 aliphatic heterocycles. The molecule has 94 valence electrons. The van der Waals surface area contributed by atoms with Gasteiger partial charge in [0.05, 0.1) is 16.0 Å². The van der Waals surface area contributed by atoms with Gasteiger partial charge in [-0.3, -0.25) is 9.89 Å². The van der Waals surface area contributed by atoms with E-state index in [-0.39, 0.29) is 5.91 Å². The first-order chi connectivity index (χ1) is 9.25. The molecule has 2 aromatic heterocycles. The first-order valence-corrected chi connectivity index (χ1v) is 5.98. The van der Waals surface area contributed by atoms with E-state index < -0.39 is 0 Å². The number of amides is 1. The molecule has 0 atom stereocenters. The molecule has 0 saturated heterocycles. The number of rotatable bonds is 2. The van der Waals surface area contributed by atoms with Crippen LogP contribution in [-0.2, 0) is 0 Å².